The first kappa shape index (κ1) is 18.8. The summed E-state index contributed by atoms with van der Waals surface area (Å²) < 4.78 is 5.25. The summed E-state index contributed by atoms with van der Waals surface area (Å²) in [5, 5.41) is 0.811. The first-order chi connectivity index (χ1) is 13.5. The molecule has 0 unspecified atom stereocenters. The zero-order valence-corrected chi connectivity index (χ0v) is 16.8. The van der Waals surface area contributed by atoms with E-state index in [4.69, 9.17) is 27.9 Å². The first-order valence-corrected chi connectivity index (χ1v) is 9.74. The molecule has 4 rings (SSSR count). The minimum absolute atomic E-state index is 0.316. The Bertz CT molecular complexity index is 997. The summed E-state index contributed by atoms with van der Waals surface area (Å²) in [6, 6.07) is 11.8. The van der Waals surface area contributed by atoms with E-state index < -0.39 is 5.91 Å². The normalized spacial score (nSPS) is 17.1. The standard InChI is InChI=1S/C21H18Cl2N2O3/c1-28-15-6-4-5-14(12-15)25-20(26)18(16-8-7-13(22)11-17(16)23)19(21(25)27)24-9-2-3-10-24/h4-8,11-12H,2-3,9-10H2,1H3. The Labute approximate surface area is 173 Å². The number of rotatable bonds is 4. The van der Waals surface area contributed by atoms with Crippen molar-refractivity contribution in [2.75, 3.05) is 25.1 Å². The van der Waals surface area contributed by atoms with Crippen molar-refractivity contribution in [3.8, 4) is 5.75 Å². The Morgan fingerprint density at radius 1 is 0.964 bits per heavy atom. The topological polar surface area (TPSA) is 49.9 Å². The molecule has 5 nitrogen and oxygen atoms in total. The Morgan fingerprint density at radius 3 is 2.39 bits per heavy atom. The summed E-state index contributed by atoms with van der Waals surface area (Å²) in [7, 11) is 1.54. The molecule has 0 bridgehead atoms. The lowest BCUT2D eigenvalue weighted by Crippen LogP contribution is -2.34. The summed E-state index contributed by atoms with van der Waals surface area (Å²) in [6.07, 6.45) is 1.96. The fraction of sp³-hybridized carbons (Fsp3) is 0.238. The number of amides is 2. The highest BCUT2D eigenvalue weighted by atomic mass is 35.5. The van der Waals surface area contributed by atoms with Crippen LogP contribution in [0.25, 0.3) is 5.57 Å². The van der Waals surface area contributed by atoms with Gasteiger partial charge < -0.3 is 9.64 Å². The summed E-state index contributed by atoms with van der Waals surface area (Å²) in [4.78, 5) is 29.9. The van der Waals surface area contributed by atoms with E-state index in [0.29, 0.717) is 38.3 Å². The molecule has 0 atom stereocenters. The smallest absolute Gasteiger partial charge is 0.282 e. The number of carbonyl (C=O) groups is 2. The Hall–Kier alpha value is -2.50. The lowest BCUT2D eigenvalue weighted by atomic mass is 10.0. The van der Waals surface area contributed by atoms with E-state index >= 15 is 0 Å². The third kappa shape index (κ3) is 3.15. The monoisotopic (exact) mass is 416 g/mol. The molecular formula is C21H18Cl2N2O3. The van der Waals surface area contributed by atoms with E-state index in [1.165, 1.54) is 4.90 Å². The van der Waals surface area contributed by atoms with Crippen LogP contribution in [0.3, 0.4) is 0 Å². The fourth-order valence-corrected chi connectivity index (χ4v) is 4.17. The van der Waals surface area contributed by atoms with Gasteiger partial charge in [-0.1, -0.05) is 35.3 Å². The molecule has 7 heteroatoms. The van der Waals surface area contributed by atoms with E-state index in [-0.39, 0.29) is 5.91 Å². The van der Waals surface area contributed by atoms with E-state index in [9.17, 15) is 9.59 Å². The lowest BCUT2D eigenvalue weighted by Gasteiger charge is -2.20. The molecule has 2 aliphatic heterocycles. The largest absolute Gasteiger partial charge is 0.497 e. The molecule has 2 aliphatic rings. The van der Waals surface area contributed by atoms with Crippen molar-refractivity contribution in [2.24, 2.45) is 0 Å². The zero-order chi connectivity index (χ0) is 19.8. The van der Waals surface area contributed by atoms with E-state index in [2.05, 4.69) is 0 Å². The first-order valence-electron chi connectivity index (χ1n) is 8.98. The van der Waals surface area contributed by atoms with Crippen molar-refractivity contribution in [1.82, 2.24) is 4.90 Å². The maximum Gasteiger partial charge on any atom is 0.282 e. The second kappa shape index (κ2) is 7.49. The zero-order valence-electron chi connectivity index (χ0n) is 15.2. The Balaban J connectivity index is 1.86. The molecule has 0 saturated carbocycles. The van der Waals surface area contributed by atoms with Gasteiger partial charge in [0, 0.05) is 29.7 Å². The van der Waals surface area contributed by atoms with Crippen molar-refractivity contribution >= 4 is 46.3 Å². The highest BCUT2D eigenvalue weighted by Gasteiger charge is 2.43. The van der Waals surface area contributed by atoms with Crippen LogP contribution in [0.15, 0.2) is 48.2 Å². The second-order valence-electron chi connectivity index (χ2n) is 6.69. The predicted molar refractivity (Wildman–Crippen MR) is 110 cm³/mol. The van der Waals surface area contributed by atoms with Crippen LogP contribution in [0.2, 0.25) is 10.0 Å². The number of likely N-dealkylation sites (tertiary alicyclic amines) is 1. The molecule has 2 heterocycles. The maximum absolute atomic E-state index is 13.4. The molecule has 1 fully saturated rings. The van der Waals surface area contributed by atoms with Crippen molar-refractivity contribution < 1.29 is 14.3 Å². The number of nitrogens with zero attached hydrogens (tertiary/aromatic N) is 2. The number of methoxy groups -OCH3 is 1. The van der Waals surface area contributed by atoms with Gasteiger partial charge in [0.05, 0.1) is 23.4 Å². The average Bonchev–Trinajstić information content (AvgIpc) is 3.28. The summed E-state index contributed by atoms with van der Waals surface area (Å²) in [5.74, 6) is -0.177. The number of ether oxygens (including phenoxy) is 1. The predicted octanol–water partition coefficient (Wildman–Crippen LogP) is 4.38. The van der Waals surface area contributed by atoms with Crippen LogP contribution in [0, 0.1) is 0 Å². The van der Waals surface area contributed by atoms with Crippen LogP contribution < -0.4 is 9.64 Å². The van der Waals surface area contributed by atoms with Crippen LogP contribution in [-0.2, 0) is 9.59 Å². The lowest BCUT2D eigenvalue weighted by molar-refractivity contribution is -0.120. The minimum Gasteiger partial charge on any atom is -0.497 e. The van der Waals surface area contributed by atoms with Crippen LogP contribution >= 0.6 is 23.2 Å². The molecule has 0 spiro atoms. The number of benzene rings is 2. The van der Waals surface area contributed by atoms with Crippen LogP contribution in [0.4, 0.5) is 5.69 Å². The SMILES string of the molecule is COc1cccc(N2C(=O)C(c3ccc(Cl)cc3Cl)=C(N3CCCC3)C2=O)c1. The van der Waals surface area contributed by atoms with Crippen molar-refractivity contribution in [2.45, 2.75) is 12.8 Å². The van der Waals surface area contributed by atoms with Gasteiger partial charge in [0.25, 0.3) is 11.8 Å². The van der Waals surface area contributed by atoms with E-state index in [0.717, 1.165) is 25.9 Å². The van der Waals surface area contributed by atoms with Gasteiger partial charge in [-0.2, -0.15) is 0 Å². The van der Waals surface area contributed by atoms with Gasteiger partial charge in [-0.3, -0.25) is 9.59 Å². The molecule has 2 amide bonds. The van der Waals surface area contributed by atoms with Gasteiger partial charge in [0.15, 0.2) is 0 Å². The quantitative estimate of drug-likeness (QED) is 0.693. The maximum atomic E-state index is 13.4. The fourth-order valence-electron chi connectivity index (χ4n) is 3.67. The average molecular weight is 417 g/mol. The van der Waals surface area contributed by atoms with Gasteiger partial charge >= 0.3 is 0 Å². The number of halogens is 2. The van der Waals surface area contributed by atoms with Crippen LogP contribution in [-0.4, -0.2) is 36.9 Å². The Kier molecular flexibility index (Phi) is 5.04. The molecule has 2 aromatic carbocycles. The summed E-state index contributed by atoms with van der Waals surface area (Å²) in [5.41, 5.74) is 1.69. The van der Waals surface area contributed by atoms with Crippen molar-refractivity contribution in [1.29, 1.82) is 0 Å². The number of hydrogen-bond acceptors (Lipinski definition) is 4. The molecule has 2 aromatic rings. The third-order valence-corrected chi connectivity index (χ3v) is 5.54. The molecule has 0 N–H and O–H groups in total. The number of imide groups is 1. The number of anilines is 1. The molecule has 0 radical (unpaired) electrons. The molecular weight excluding hydrogens is 399 g/mol. The molecule has 144 valence electrons. The molecule has 28 heavy (non-hydrogen) atoms. The highest BCUT2D eigenvalue weighted by molar-refractivity contribution is 6.47. The van der Waals surface area contributed by atoms with Crippen LogP contribution in [0.5, 0.6) is 5.75 Å². The van der Waals surface area contributed by atoms with Crippen molar-refractivity contribution in [3.63, 3.8) is 0 Å². The van der Waals surface area contributed by atoms with Gasteiger partial charge in [0.2, 0.25) is 0 Å². The van der Waals surface area contributed by atoms with Gasteiger partial charge in [0.1, 0.15) is 11.4 Å². The van der Waals surface area contributed by atoms with E-state index in [1.807, 2.05) is 4.90 Å². The van der Waals surface area contributed by atoms with E-state index in [1.54, 1.807) is 49.6 Å². The van der Waals surface area contributed by atoms with Gasteiger partial charge in [-0.15, -0.1) is 0 Å². The molecule has 1 saturated heterocycles. The van der Waals surface area contributed by atoms with Crippen LogP contribution in [0.1, 0.15) is 18.4 Å². The van der Waals surface area contributed by atoms with Crippen molar-refractivity contribution in [3.05, 3.63) is 63.8 Å². The summed E-state index contributed by atoms with van der Waals surface area (Å²) in [6.45, 7) is 1.46. The number of carbonyl (C=O) groups excluding carboxylic acids is 2. The third-order valence-electron chi connectivity index (χ3n) is 4.99. The van der Waals surface area contributed by atoms with Gasteiger partial charge in [-0.25, -0.2) is 4.90 Å². The molecule has 0 aliphatic carbocycles. The number of hydrogen-bond donors (Lipinski definition) is 0. The Morgan fingerprint density at radius 2 is 1.71 bits per heavy atom. The minimum atomic E-state index is -0.399. The summed E-state index contributed by atoms with van der Waals surface area (Å²) >= 11 is 12.4. The van der Waals surface area contributed by atoms with Gasteiger partial charge in [-0.05, 0) is 37.1 Å². The molecule has 0 aromatic heterocycles. The second-order valence-corrected chi connectivity index (χ2v) is 7.53. The highest BCUT2D eigenvalue weighted by Crippen LogP contribution is 2.39.